The third-order valence-corrected chi connectivity index (χ3v) is 8.13. The van der Waals surface area contributed by atoms with Gasteiger partial charge in [-0.05, 0) is 80.0 Å². The molecule has 0 bridgehead atoms. The van der Waals surface area contributed by atoms with Crippen LogP contribution in [-0.4, -0.2) is 25.1 Å². The molecule has 0 aliphatic carbocycles. The highest BCUT2D eigenvalue weighted by atomic mass is 16.7. The Morgan fingerprint density at radius 1 is 0.846 bits per heavy atom. The smallest absolute Gasteiger partial charge is 0.163 e. The highest BCUT2D eigenvalue weighted by molar-refractivity contribution is 5.36. The largest absolute Gasteiger partial charge is 0.377 e. The fourth-order valence-electron chi connectivity index (χ4n) is 5.75. The van der Waals surface area contributed by atoms with Crippen LogP contribution in [0.3, 0.4) is 0 Å². The maximum absolute atomic E-state index is 6.11. The van der Waals surface area contributed by atoms with E-state index in [-0.39, 0.29) is 6.10 Å². The van der Waals surface area contributed by atoms with Gasteiger partial charge in [0, 0.05) is 12.5 Å². The van der Waals surface area contributed by atoms with Gasteiger partial charge >= 0.3 is 0 Å². The Kier molecular flexibility index (Phi) is 11.2. The molecule has 39 heavy (non-hydrogen) atoms. The Hall–Kier alpha value is -2.46. The lowest BCUT2D eigenvalue weighted by Gasteiger charge is -2.27. The molecule has 4 atom stereocenters. The maximum Gasteiger partial charge on any atom is 0.163 e. The van der Waals surface area contributed by atoms with Crippen LogP contribution in [0.25, 0.3) is 0 Å². The normalized spacial score (nSPS) is 19.0. The van der Waals surface area contributed by atoms with Crippen molar-refractivity contribution in [2.75, 3.05) is 13.2 Å². The van der Waals surface area contributed by atoms with Crippen LogP contribution in [0.2, 0.25) is 0 Å². The van der Waals surface area contributed by atoms with E-state index in [9.17, 15) is 0 Å². The van der Waals surface area contributed by atoms with Crippen molar-refractivity contribution in [1.82, 2.24) is 0 Å². The van der Waals surface area contributed by atoms with Gasteiger partial charge < -0.3 is 14.2 Å². The molecule has 0 spiro atoms. The maximum atomic E-state index is 6.11. The zero-order valence-electron chi connectivity index (χ0n) is 24.5. The van der Waals surface area contributed by atoms with Crippen LogP contribution in [0.4, 0.5) is 0 Å². The van der Waals surface area contributed by atoms with E-state index in [0.29, 0.717) is 31.0 Å². The summed E-state index contributed by atoms with van der Waals surface area (Å²) < 4.78 is 17.7. The molecule has 4 unspecified atom stereocenters. The quantitative estimate of drug-likeness (QED) is 0.184. The Balaban J connectivity index is 1.39. The summed E-state index contributed by atoms with van der Waals surface area (Å²) in [6.07, 6.45) is 6.91. The summed E-state index contributed by atoms with van der Waals surface area (Å²) in [5.74, 6) is 1.13. The third-order valence-electron chi connectivity index (χ3n) is 8.13. The molecule has 3 nitrogen and oxygen atoms in total. The second-order valence-corrected chi connectivity index (χ2v) is 11.8. The number of benzene rings is 3. The number of ether oxygens (including phenoxy) is 3. The summed E-state index contributed by atoms with van der Waals surface area (Å²) >= 11 is 0. The van der Waals surface area contributed by atoms with Crippen molar-refractivity contribution in [3.8, 4) is 0 Å². The number of rotatable bonds is 15. The van der Waals surface area contributed by atoms with E-state index < -0.39 is 5.79 Å². The molecule has 1 aliphatic heterocycles. The van der Waals surface area contributed by atoms with E-state index in [1.54, 1.807) is 0 Å². The van der Waals surface area contributed by atoms with Crippen molar-refractivity contribution in [2.24, 2.45) is 5.92 Å². The Morgan fingerprint density at radius 2 is 1.54 bits per heavy atom. The topological polar surface area (TPSA) is 27.7 Å². The lowest BCUT2D eigenvalue weighted by Crippen LogP contribution is -2.21. The summed E-state index contributed by atoms with van der Waals surface area (Å²) in [5.41, 5.74) is 5.48. The fourth-order valence-corrected chi connectivity index (χ4v) is 5.75. The first kappa shape index (κ1) is 29.5. The Morgan fingerprint density at radius 3 is 2.21 bits per heavy atom. The molecule has 0 amide bonds. The van der Waals surface area contributed by atoms with Crippen molar-refractivity contribution in [1.29, 1.82) is 0 Å². The minimum absolute atomic E-state index is 0.214. The second-order valence-electron chi connectivity index (χ2n) is 11.8. The molecule has 1 heterocycles. The van der Waals surface area contributed by atoms with Crippen LogP contribution in [0.15, 0.2) is 84.9 Å². The van der Waals surface area contributed by atoms with Crippen molar-refractivity contribution in [3.05, 3.63) is 107 Å². The van der Waals surface area contributed by atoms with Gasteiger partial charge in [0.1, 0.15) is 0 Å². The molecule has 210 valence electrons. The predicted molar refractivity (Wildman–Crippen MR) is 161 cm³/mol. The first-order valence-corrected chi connectivity index (χ1v) is 15.0. The Bertz CT molecular complexity index is 1090. The molecular weight excluding hydrogens is 480 g/mol. The van der Waals surface area contributed by atoms with Gasteiger partial charge in [0.2, 0.25) is 0 Å². The lowest BCUT2D eigenvalue weighted by atomic mass is 9.77. The van der Waals surface area contributed by atoms with Crippen LogP contribution in [-0.2, 0) is 20.8 Å². The Labute approximate surface area is 236 Å². The summed E-state index contributed by atoms with van der Waals surface area (Å²) in [4.78, 5) is 0. The van der Waals surface area contributed by atoms with Gasteiger partial charge in [-0.1, -0.05) is 105 Å². The average molecular weight is 529 g/mol. The third kappa shape index (κ3) is 9.31. The van der Waals surface area contributed by atoms with Gasteiger partial charge in [0.15, 0.2) is 5.79 Å². The molecule has 3 aromatic rings. The standard InChI is InChI=1S/C36H48O3/c1-5-28(2)23-33(30-16-8-6-9-17-30)25-35(31-18-10-7-11-19-31)32-20-14-15-29(24-32)26-37-22-13-12-21-34-27-38-36(3,4)39-34/h6-11,14-20,24,28,33-35H,5,12-13,21-23,25-27H2,1-4H3. The molecule has 4 rings (SSSR count). The molecule has 1 aliphatic rings. The van der Waals surface area contributed by atoms with Gasteiger partial charge in [-0.3, -0.25) is 0 Å². The molecule has 3 heteroatoms. The number of hydrogen-bond donors (Lipinski definition) is 0. The van der Waals surface area contributed by atoms with Gasteiger partial charge in [0.05, 0.1) is 19.3 Å². The minimum atomic E-state index is -0.431. The highest BCUT2D eigenvalue weighted by Gasteiger charge is 2.32. The molecule has 0 aromatic heterocycles. The van der Waals surface area contributed by atoms with E-state index >= 15 is 0 Å². The minimum Gasteiger partial charge on any atom is -0.377 e. The lowest BCUT2D eigenvalue weighted by molar-refractivity contribution is -0.139. The van der Waals surface area contributed by atoms with Crippen molar-refractivity contribution in [3.63, 3.8) is 0 Å². The van der Waals surface area contributed by atoms with Crippen molar-refractivity contribution in [2.45, 2.75) is 96.6 Å². The van der Waals surface area contributed by atoms with Crippen LogP contribution >= 0.6 is 0 Å². The summed E-state index contributed by atoms with van der Waals surface area (Å²) in [7, 11) is 0. The van der Waals surface area contributed by atoms with Crippen molar-refractivity contribution < 1.29 is 14.2 Å². The second kappa shape index (κ2) is 14.8. The van der Waals surface area contributed by atoms with Crippen LogP contribution in [0, 0.1) is 5.92 Å². The molecule has 3 aromatic carbocycles. The van der Waals surface area contributed by atoms with E-state index in [1.165, 1.54) is 35.1 Å². The SMILES string of the molecule is CCC(C)CC(CC(c1ccccc1)c1cccc(COCCCCC2COC(C)(C)O2)c1)c1ccccc1. The molecule has 1 saturated heterocycles. The number of hydrogen-bond acceptors (Lipinski definition) is 3. The van der Waals surface area contributed by atoms with E-state index in [2.05, 4.69) is 98.8 Å². The highest BCUT2D eigenvalue weighted by Crippen LogP contribution is 2.39. The van der Waals surface area contributed by atoms with E-state index in [0.717, 1.165) is 32.3 Å². The van der Waals surface area contributed by atoms with Crippen LogP contribution < -0.4 is 0 Å². The first-order chi connectivity index (χ1) is 18.9. The molecule has 1 fully saturated rings. The number of unbranched alkanes of at least 4 members (excludes halogenated alkanes) is 1. The first-order valence-electron chi connectivity index (χ1n) is 15.0. The monoisotopic (exact) mass is 528 g/mol. The zero-order chi connectivity index (χ0) is 27.5. The molecule has 0 radical (unpaired) electrons. The molecular formula is C36H48O3. The van der Waals surface area contributed by atoms with Gasteiger partial charge in [0.25, 0.3) is 0 Å². The van der Waals surface area contributed by atoms with Gasteiger partial charge in [-0.25, -0.2) is 0 Å². The summed E-state index contributed by atoms with van der Waals surface area (Å²) in [6, 6.07) is 31.2. The van der Waals surface area contributed by atoms with Gasteiger partial charge in [-0.15, -0.1) is 0 Å². The van der Waals surface area contributed by atoms with E-state index in [4.69, 9.17) is 14.2 Å². The zero-order valence-corrected chi connectivity index (χ0v) is 24.5. The molecule has 0 N–H and O–H groups in total. The fraction of sp³-hybridized carbons (Fsp3) is 0.500. The summed E-state index contributed by atoms with van der Waals surface area (Å²) in [5, 5.41) is 0. The van der Waals surface area contributed by atoms with Gasteiger partial charge in [-0.2, -0.15) is 0 Å². The summed E-state index contributed by atoms with van der Waals surface area (Å²) in [6.45, 7) is 10.8. The van der Waals surface area contributed by atoms with Crippen LogP contribution in [0.1, 0.15) is 100 Å². The van der Waals surface area contributed by atoms with Crippen molar-refractivity contribution >= 4 is 0 Å². The predicted octanol–water partition coefficient (Wildman–Crippen LogP) is 9.27. The molecule has 0 saturated carbocycles. The van der Waals surface area contributed by atoms with Crippen LogP contribution in [0.5, 0.6) is 0 Å². The van der Waals surface area contributed by atoms with E-state index in [1.807, 2.05) is 13.8 Å². The average Bonchev–Trinajstić information content (AvgIpc) is 3.32.